The summed E-state index contributed by atoms with van der Waals surface area (Å²) in [7, 11) is 0. The molecular formula is C22H16FN3OS. The molecule has 4 rings (SSSR count). The van der Waals surface area contributed by atoms with Crippen LogP contribution in [-0.4, -0.2) is 15.5 Å². The van der Waals surface area contributed by atoms with Crippen molar-refractivity contribution < 1.29 is 9.18 Å². The number of carbonyl (C=O) groups excluding carboxylic acids is 1. The van der Waals surface area contributed by atoms with Crippen molar-refractivity contribution in [3.05, 3.63) is 107 Å². The molecule has 0 aliphatic carbocycles. The summed E-state index contributed by atoms with van der Waals surface area (Å²) in [4.78, 5) is 21.1. The largest absolute Gasteiger partial charge is 0.328 e. The summed E-state index contributed by atoms with van der Waals surface area (Å²) < 4.78 is 15.8. The van der Waals surface area contributed by atoms with E-state index < -0.39 is 5.91 Å². The summed E-state index contributed by atoms with van der Waals surface area (Å²) >= 11 is 1.22. The van der Waals surface area contributed by atoms with Gasteiger partial charge in [0.15, 0.2) is 0 Å². The van der Waals surface area contributed by atoms with E-state index in [0.717, 1.165) is 5.56 Å². The molecule has 0 unspecified atom stereocenters. The van der Waals surface area contributed by atoms with Gasteiger partial charge in [0.1, 0.15) is 22.0 Å². The van der Waals surface area contributed by atoms with Crippen molar-refractivity contribution in [3.63, 3.8) is 0 Å². The highest BCUT2D eigenvalue weighted by Gasteiger charge is 2.13. The predicted molar refractivity (Wildman–Crippen MR) is 107 cm³/mol. The van der Waals surface area contributed by atoms with Crippen LogP contribution >= 0.6 is 11.3 Å². The van der Waals surface area contributed by atoms with Gasteiger partial charge in [-0.3, -0.25) is 4.79 Å². The first-order valence-electron chi connectivity index (χ1n) is 8.69. The summed E-state index contributed by atoms with van der Waals surface area (Å²) in [6.45, 7) is 0.603. The minimum atomic E-state index is -0.452. The molecule has 4 nitrogen and oxygen atoms in total. The van der Waals surface area contributed by atoms with Gasteiger partial charge in [0.25, 0.3) is 5.91 Å². The molecule has 0 saturated carbocycles. The number of aromatic nitrogens is 2. The molecule has 0 atom stereocenters. The van der Waals surface area contributed by atoms with E-state index in [1.54, 1.807) is 29.6 Å². The second-order valence-corrected chi connectivity index (χ2v) is 6.97. The lowest BCUT2D eigenvalue weighted by Crippen LogP contribution is -2.22. The van der Waals surface area contributed by atoms with E-state index in [2.05, 4.69) is 9.98 Å². The Morgan fingerprint density at radius 1 is 1.00 bits per heavy atom. The molecule has 0 radical (unpaired) electrons. The summed E-state index contributed by atoms with van der Waals surface area (Å²) in [6, 6.07) is 21.8. The first-order chi connectivity index (χ1) is 13.7. The van der Waals surface area contributed by atoms with Crippen LogP contribution in [0.2, 0.25) is 0 Å². The van der Waals surface area contributed by atoms with Gasteiger partial charge in [-0.15, -0.1) is 11.3 Å². The number of hydrogen-bond acceptors (Lipinski definition) is 3. The summed E-state index contributed by atoms with van der Waals surface area (Å²) in [6.07, 6.45) is 1.88. The number of hydrogen-bond donors (Lipinski definition) is 0. The van der Waals surface area contributed by atoms with Crippen molar-refractivity contribution in [1.29, 1.82) is 0 Å². The van der Waals surface area contributed by atoms with E-state index in [0.29, 0.717) is 22.6 Å². The average Bonchev–Trinajstić information content (AvgIpc) is 3.21. The Bertz CT molecular complexity index is 1180. The standard InChI is InChI=1S/C22H16FN3OS/c23-18-11-5-4-10-17(18)22-24-19(15-28-22)21(27)25-20-12-6-7-13-26(20)14-16-8-2-1-3-9-16/h1-13,15H,14H2. The van der Waals surface area contributed by atoms with Gasteiger partial charge in [0.05, 0.1) is 0 Å². The molecule has 2 aromatic heterocycles. The van der Waals surface area contributed by atoms with Crippen molar-refractivity contribution in [1.82, 2.24) is 9.55 Å². The molecule has 2 aromatic carbocycles. The zero-order chi connectivity index (χ0) is 19.3. The Morgan fingerprint density at radius 3 is 2.57 bits per heavy atom. The second kappa shape index (κ2) is 8.10. The van der Waals surface area contributed by atoms with E-state index in [1.807, 2.05) is 53.2 Å². The number of nitrogens with zero attached hydrogens (tertiary/aromatic N) is 3. The molecule has 6 heteroatoms. The minimum absolute atomic E-state index is 0.207. The molecule has 0 N–H and O–H groups in total. The topological polar surface area (TPSA) is 47.2 Å². The Balaban J connectivity index is 1.64. The van der Waals surface area contributed by atoms with Crippen LogP contribution in [0, 0.1) is 5.82 Å². The predicted octanol–water partition coefficient (Wildman–Crippen LogP) is 4.54. The maximum absolute atomic E-state index is 13.9. The number of amides is 1. The quantitative estimate of drug-likeness (QED) is 0.514. The Morgan fingerprint density at radius 2 is 1.75 bits per heavy atom. The summed E-state index contributed by atoms with van der Waals surface area (Å²) in [5, 5.41) is 2.07. The number of rotatable bonds is 4. The van der Waals surface area contributed by atoms with Crippen LogP contribution in [0.1, 0.15) is 16.1 Å². The van der Waals surface area contributed by atoms with Crippen LogP contribution < -0.4 is 5.49 Å². The third-order valence-corrected chi connectivity index (χ3v) is 5.03. The third-order valence-electron chi connectivity index (χ3n) is 4.16. The molecule has 0 aliphatic heterocycles. The third kappa shape index (κ3) is 3.97. The van der Waals surface area contributed by atoms with Crippen molar-refractivity contribution in [2.75, 3.05) is 0 Å². The maximum atomic E-state index is 13.9. The molecular weight excluding hydrogens is 373 g/mol. The Kier molecular flexibility index (Phi) is 5.21. The van der Waals surface area contributed by atoms with Crippen molar-refractivity contribution in [2.45, 2.75) is 6.54 Å². The van der Waals surface area contributed by atoms with Gasteiger partial charge in [-0.1, -0.05) is 48.5 Å². The zero-order valence-electron chi connectivity index (χ0n) is 14.8. The highest BCUT2D eigenvalue weighted by Crippen LogP contribution is 2.26. The highest BCUT2D eigenvalue weighted by molar-refractivity contribution is 7.13. The average molecular weight is 389 g/mol. The lowest BCUT2D eigenvalue weighted by molar-refractivity contribution is 0.0993. The van der Waals surface area contributed by atoms with Gasteiger partial charge in [-0.25, -0.2) is 9.37 Å². The zero-order valence-corrected chi connectivity index (χ0v) is 15.6. The lowest BCUT2D eigenvalue weighted by Gasteiger charge is -2.07. The number of pyridine rings is 1. The molecule has 0 bridgehead atoms. The number of thiazole rings is 1. The molecule has 1 amide bonds. The van der Waals surface area contributed by atoms with Gasteiger partial charge in [0.2, 0.25) is 0 Å². The van der Waals surface area contributed by atoms with Gasteiger partial charge >= 0.3 is 0 Å². The van der Waals surface area contributed by atoms with Crippen LogP contribution in [0.5, 0.6) is 0 Å². The SMILES string of the molecule is O=C(N=c1ccccn1Cc1ccccc1)c1csc(-c2ccccc2F)n1. The van der Waals surface area contributed by atoms with E-state index in [9.17, 15) is 9.18 Å². The maximum Gasteiger partial charge on any atom is 0.298 e. The van der Waals surface area contributed by atoms with E-state index in [4.69, 9.17) is 0 Å². The first kappa shape index (κ1) is 18.0. The van der Waals surface area contributed by atoms with Crippen LogP contribution in [0.3, 0.4) is 0 Å². The monoisotopic (exact) mass is 389 g/mol. The summed E-state index contributed by atoms with van der Waals surface area (Å²) in [5.41, 5.74) is 2.23. The number of halogens is 1. The van der Waals surface area contributed by atoms with Crippen molar-refractivity contribution in [2.24, 2.45) is 4.99 Å². The van der Waals surface area contributed by atoms with Crippen LogP contribution in [0.15, 0.2) is 89.4 Å². The number of carbonyl (C=O) groups is 1. The van der Waals surface area contributed by atoms with Crippen LogP contribution in [-0.2, 0) is 6.54 Å². The van der Waals surface area contributed by atoms with E-state index in [1.165, 1.54) is 17.4 Å². The minimum Gasteiger partial charge on any atom is -0.328 e. The molecule has 0 saturated heterocycles. The molecule has 0 fully saturated rings. The van der Waals surface area contributed by atoms with Gasteiger partial charge < -0.3 is 4.57 Å². The molecule has 4 aromatic rings. The second-order valence-electron chi connectivity index (χ2n) is 6.11. The highest BCUT2D eigenvalue weighted by atomic mass is 32.1. The van der Waals surface area contributed by atoms with Gasteiger partial charge in [-0.2, -0.15) is 4.99 Å². The van der Waals surface area contributed by atoms with Gasteiger partial charge in [0, 0.05) is 23.7 Å². The Labute approximate surface area is 165 Å². The Hall–Kier alpha value is -3.38. The lowest BCUT2D eigenvalue weighted by atomic mass is 10.2. The normalized spacial score (nSPS) is 11.5. The molecule has 138 valence electrons. The van der Waals surface area contributed by atoms with E-state index in [-0.39, 0.29) is 11.5 Å². The smallest absolute Gasteiger partial charge is 0.298 e. The molecule has 28 heavy (non-hydrogen) atoms. The molecule has 0 spiro atoms. The van der Waals surface area contributed by atoms with Crippen molar-refractivity contribution in [3.8, 4) is 10.6 Å². The molecule has 0 aliphatic rings. The fourth-order valence-corrected chi connectivity index (χ4v) is 3.59. The molecule has 2 heterocycles. The van der Waals surface area contributed by atoms with Crippen LogP contribution in [0.4, 0.5) is 4.39 Å². The number of benzene rings is 2. The van der Waals surface area contributed by atoms with Crippen molar-refractivity contribution >= 4 is 17.2 Å². The van der Waals surface area contributed by atoms with Gasteiger partial charge in [-0.05, 0) is 29.8 Å². The van der Waals surface area contributed by atoms with E-state index >= 15 is 0 Å². The first-order valence-corrected chi connectivity index (χ1v) is 9.57. The fraction of sp³-hybridized carbons (Fsp3) is 0.0455. The van der Waals surface area contributed by atoms with Crippen LogP contribution in [0.25, 0.3) is 10.6 Å². The fourth-order valence-electron chi connectivity index (χ4n) is 2.77. The summed E-state index contributed by atoms with van der Waals surface area (Å²) in [5.74, 6) is -0.816.